The van der Waals surface area contributed by atoms with E-state index in [0.29, 0.717) is 15.9 Å². The van der Waals surface area contributed by atoms with Gasteiger partial charge in [-0.1, -0.05) is 42.5 Å². The van der Waals surface area contributed by atoms with Gasteiger partial charge in [-0.15, -0.1) is 11.3 Å². The van der Waals surface area contributed by atoms with E-state index in [1.807, 2.05) is 51.1 Å². The largest absolute Gasteiger partial charge is 0.352 e. The normalized spacial score (nSPS) is 12.1. The Hall–Kier alpha value is -3.45. The molecule has 0 spiro atoms. The van der Waals surface area contributed by atoms with Crippen LogP contribution < -0.4 is 16.6 Å². The molecule has 6 nitrogen and oxygen atoms in total. The number of carbonyl (C=O) groups is 1. The number of nitrogens with one attached hydrogen (secondary N) is 1. The molecule has 33 heavy (non-hydrogen) atoms. The molecule has 2 aromatic carbocycles. The molecule has 1 atom stereocenters. The molecule has 0 bridgehead atoms. The van der Waals surface area contributed by atoms with Gasteiger partial charge in [0.2, 0.25) is 5.91 Å². The van der Waals surface area contributed by atoms with Crippen molar-refractivity contribution in [3.05, 3.63) is 97.5 Å². The molecule has 0 unspecified atom stereocenters. The van der Waals surface area contributed by atoms with Crippen LogP contribution in [0.15, 0.2) is 69.6 Å². The molecule has 0 saturated heterocycles. The number of hydrogen-bond acceptors (Lipinski definition) is 4. The van der Waals surface area contributed by atoms with Crippen LogP contribution in [0.5, 0.6) is 0 Å². The minimum atomic E-state index is -0.508. The van der Waals surface area contributed by atoms with Gasteiger partial charge in [-0.2, -0.15) is 0 Å². The van der Waals surface area contributed by atoms with Crippen LogP contribution in [0.3, 0.4) is 0 Å². The number of aromatic nitrogens is 2. The fraction of sp³-hybridized carbons (Fsp3) is 0.269. The molecule has 0 aliphatic rings. The third-order valence-electron chi connectivity index (χ3n) is 5.99. The molecule has 1 amide bonds. The Morgan fingerprint density at radius 3 is 2.55 bits per heavy atom. The van der Waals surface area contributed by atoms with Crippen LogP contribution in [0.4, 0.5) is 0 Å². The van der Waals surface area contributed by atoms with E-state index in [1.165, 1.54) is 26.0 Å². The Labute approximate surface area is 196 Å². The second kappa shape index (κ2) is 9.58. The van der Waals surface area contributed by atoms with Crippen molar-refractivity contribution in [1.82, 2.24) is 14.5 Å². The highest BCUT2D eigenvalue weighted by Crippen LogP contribution is 2.19. The second-order valence-corrected chi connectivity index (χ2v) is 9.27. The highest BCUT2D eigenvalue weighted by Gasteiger charge is 2.19. The monoisotopic (exact) mass is 461 g/mol. The molecule has 2 aromatic heterocycles. The van der Waals surface area contributed by atoms with E-state index in [-0.39, 0.29) is 24.1 Å². The molecule has 0 fully saturated rings. The number of fused-ring (bicyclic) bond motifs is 1. The first-order valence-corrected chi connectivity index (χ1v) is 11.9. The molecular formula is C26H27N3O3S. The van der Waals surface area contributed by atoms with Crippen molar-refractivity contribution < 1.29 is 4.79 Å². The maximum absolute atomic E-state index is 13.4. The summed E-state index contributed by atoms with van der Waals surface area (Å²) >= 11 is 1.28. The fourth-order valence-electron chi connectivity index (χ4n) is 3.99. The van der Waals surface area contributed by atoms with E-state index >= 15 is 0 Å². The zero-order valence-corrected chi connectivity index (χ0v) is 19.8. The Kier molecular flexibility index (Phi) is 6.60. The minimum absolute atomic E-state index is 0.0451. The van der Waals surface area contributed by atoms with Crippen LogP contribution in [0.2, 0.25) is 0 Å². The quantitative estimate of drug-likeness (QED) is 0.453. The molecule has 2 heterocycles. The van der Waals surface area contributed by atoms with Crippen molar-refractivity contribution in [3.63, 3.8) is 0 Å². The number of aryl methyl sites for hydroxylation is 2. The van der Waals surface area contributed by atoms with E-state index in [4.69, 9.17) is 0 Å². The number of carbonyl (C=O) groups excluding carboxylic acids is 1. The summed E-state index contributed by atoms with van der Waals surface area (Å²) < 4.78 is 3.04. The van der Waals surface area contributed by atoms with E-state index in [2.05, 4.69) is 17.4 Å². The van der Waals surface area contributed by atoms with Crippen LogP contribution in [0.25, 0.3) is 15.9 Å². The molecule has 7 heteroatoms. The van der Waals surface area contributed by atoms with Gasteiger partial charge in [0, 0.05) is 6.04 Å². The average molecular weight is 462 g/mol. The van der Waals surface area contributed by atoms with E-state index < -0.39 is 5.69 Å². The van der Waals surface area contributed by atoms with Gasteiger partial charge in [0.25, 0.3) is 5.56 Å². The lowest BCUT2D eigenvalue weighted by molar-refractivity contribution is -0.122. The SMILES string of the molecule is Cc1cccc(-n2c(=O)c3sccc3n(CC(=O)N[C@H](C)CCc3ccccc3)c2=O)c1C. The Morgan fingerprint density at radius 2 is 1.79 bits per heavy atom. The summed E-state index contributed by atoms with van der Waals surface area (Å²) in [6, 6.07) is 17.3. The number of rotatable bonds is 7. The van der Waals surface area contributed by atoms with Crippen LogP contribution in [0, 0.1) is 13.8 Å². The number of hydrogen-bond donors (Lipinski definition) is 1. The zero-order valence-electron chi connectivity index (χ0n) is 19.0. The van der Waals surface area contributed by atoms with Crippen LogP contribution in [0.1, 0.15) is 30.0 Å². The van der Waals surface area contributed by atoms with Gasteiger partial charge in [0.15, 0.2) is 0 Å². The van der Waals surface area contributed by atoms with Gasteiger partial charge in [0.05, 0.1) is 11.2 Å². The van der Waals surface area contributed by atoms with Crippen molar-refractivity contribution >= 4 is 27.5 Å². The first kappa shape index (κ1) is 22.7. The van der Waals surface area contributed by atoms with Crippen molar-refractivity contribution in [3.8, 4) is 5.69 Å². The van der Waals surface area contributed by atoms with E-state index in [0.717, 1.165) is 24.0 Å². The third-order valence-corrected chi connectivity index (χ3v) is 6.88. The van der Waals surface area contributed by atoms with Crippen LogP contribution in [-0.2, 0) is 17.8 Å². The molecule has 1 N–H and O–H groups in total. The van der Waals surface area contributed by atoms with Gasteiger partial charge in [-0.3, -0.25) is 14.2 Å². The number of nitrogens with zero attached hydrogens (tertiary/aromatic N) is 2. The van der Waals surface area contributed by atoms with Crippen molar-refractivity contribution in [2.24, 2.45) is 0 Å². The predicted molar refractivity (Wildman–Crippen MR) is 134 cm³/mol. The standard InChI is InChI=1S/C26H27N3O3S/c1-17-8-7-11-21(19(17)3)29-25(31)24-22(14-15-33-24)28(26(29)32)16-23(30)27-18(2)12-13-20-9-5-4-6-10-20/h4-11,14-15,18H,12-13,16H2,1-3H3,(H,27,30)/t18-/m1/s1. The summed E-state index contributed by atoms with van der Waals surface area (Å²) in [5.74, 6) is -0.253. The minimum Gasteiger partial charge on any atom is -0.352 e. The highest BCUT2D eigenvalue weighted by atomic mass is 32.1. The Morgan fingerprint density at radius 1 is 1.03 bits per heavy atom. The average Bonchev–Trinajstić information content (AvgIpc) is 3.29. The second-order valence-electron chi connectivity index (χ2n) is 8.36. The Bertz CT molecular complexity index is 1420. The predicted octanol–water partition coefficient (Wildman–Crippen LogP) is 3.97. The van der Waals surface area contributed by atoms with Crippen molar-refractivity contribution in [2.45, 2.75) is 46.2 Å². The molecule has 0 aliphatic heterocycles. The summed E-state index contributed by atoms with van der Waals surface area (Å²) in [7, 11) is 0. The van der Waals surface area contributed by atoms with Gasteiger partial charge in [0.1, 0.15) is 11.2 Å². The summed E-state index contributed by atoms with van der Waals surface area (Å²) in [5.41, 5.74) is 3.24. The summed E-state index contributed by atoms with van der Waals surface area (Å²) in [6.07, 6.45) is 1.65. The maximum atomic E-state index is 13.4. The van der Waals surface area contributed by atoms with Gasteiger partial charge >= 0.3 is 5.69 Å². The molecule has 4 rings (SSSR count). The maximum Gasteiger partial charge on any atom is 0.336 e. The van der Waals surface area contributed by atoms with Gasteiger partial charge in [-0.05, 0) is 67.8 Å². The Balaban J connectivity index is 1.62. The lowest BCUT2D eigenvalue weighted by Gasteiger charge is -2.17. The lowest BCUT2D eigenvalue weighted by atomic mass is 10.1. The van der Waals surface area contributed by atoms with Gasteiger partial charge in [-0.25, -0.2) is 9.36 Å². The smallest absolute Gasteiger partial charge is 0.336 e. The first-order chi connectivity index (χ1) is 15.9. The lowest BCUT2D eigenvalue weighted by Crippen LogP contribution is -2.43. The molecule has 170 valence electrons. The molecule has 0 radical (unpaired) electrons. The summed E-state index contributed by atoms with van der Waals surface area (Å²) in [6.45, 7) is 5.64. The summed E-state index contributed by atoms with van der Waals surface area (Å²) in [4.78, 5) is 39.5. The zero-order chi connectivity index (χ0) is 23.5. The summed E-state index contributed by atoms with van der Waals surface area (Å²) in [5, 5.41) is 4.77. The molecule has 4 aromatic rings. The third kappa shape index (κ3) is 4.68. The topological polar surface area (TPSA) is 73.1 Å². The van der Waals surface area contributed by atoms with Crippen LogP contribution >= 0.6 is 11.3 Å². The van der Waals surface area contributed by atoms with E-state index in [9.17, 15) is 14.4 Å². The molecule has 0 aliphatic carbocycles. The number of thiophene rings is 1. The fourth-order valence-corrected chi connectivity index (χ4v) is 4.82. The molecule has 0 saturated carbocycles. The van der Waals surface area contributed by atoms with E-state index in [1.54, 1.807) is 17.5 Å². The van der Waals surface area contributed by atoms with Crippen LogP contribution in [-0.4, -0.2) is 21.1 Å². The van der Waals surface area contributed by atoms with Crippen molar-refractivity contribution in [1.29, 1.82) is 0 Å². The first-order valence-electron chi connectivity index (χ1n) is 11.0. The number of amides is 1. The number of benzene rings is 2. The molecular weight excluding hydrogens is 434 g/mol. The van der Waals surface area contributed by atoms with Crippen molar-refractivity contribution in [2.75, 3.05) is 0 Å². The van der Waals surface area contributed by atoms with Gasteiger partial charge < -0.3 is 5.32 Å². The highest BCUT2D eigenvalue weighted by molar-refractivity contribution is 7.17.